The molecule has 0 atom stereocenters. The zero-order valence-corrected chi connectivity index (χ0v) is 14.3. The zero-order chi connectivity index (χ0) is 15.6. The Kier molecular flexibility index (Phi) is 7.16. The van der Waals surface area contributed by atoms with Crippen molar-refractivity contribution in [1.82, 2.24) is 0 Å². The normalized spacial score (nSPS) is 11.4. The van der Waals surface area contributed by atoms with Crippen molar-refractivity contribution in [2.75, 3.05) is 0 Å². The number of unbranched alkanes of at least 4 members (excludes halogenated alkanes) is 2. The SMILES string of the molecule is CCCCC#CS/C(=C(\Cl)c1ccccc1)c1ccccc1. The Balaban J connectivity index is 2.31. The summed E-state index contributed by atoms with van der Waals surface area (Å²) in [6.45, 7) is 2.18. The van der Waals surface area contributed by atoms with E-state index in [4.69, 9.17) is 11.6 Å². The average Bonchev–Trinajstić information content (AvgIpc) is 2.59. The van der Waals surface area contributed by atoms with Gasteiger partial charge in [-0.25, -0.2) is 0 Å². The lowest BCUT2D eigenvalue weighted by molar-refractivity contribution is 0.828. The zero-order valence-electron chi connectivity index (χ0n) is 12.7. The van der Waals surface area contributed by atoms with Crippen LogP contribution in [0.5, 0.6) is 0 Å². The summed E-state index contributed by atoms with van der Waals surface area (Å²) in [7, 11) is 0. The quantitative estimate of drug-likeness (QED) is 0.337. The topological polar surface area (TPSA) is 0 Å². The van der Waals surface area contributed by atoms with Gasteiger partial charge in [0.25, 0.3) is 0 Å². The minimum atomic E-state index is 0.751. The van der Waals surface area contributed by atoms with Crippen molar-refractivity contribution in [3.8, 4) is 11.2 Å². The van der Waals surface area contributed by atoms with E-state index in [0.717, 1.165) is 33.9 Å². The van der Waals surface area contributed by atoms with E-state index in [0.29, 0.717) is 0 Å². The number of rotatable bonds is 5. The van der Waals surface area contributed by atoms with Crippen molar-refractivity contribution in [3.63, 3.8) is 0 Å². The Morgan fingerprint density at radius 2 is 1.55 bits per heavy atom. The highest BCUT2D eigenvalue weighted by Crippen LogP contribution is 2.37. The highest BCUT2D eigenvalue weighted by Gasteiger charge is 2.09. The van der Waals surface area contributed by atoms with E-state index in [9.17, 15) is 0 Å². The number of hydrogen-bond donors (Lipinski definition) is 0. The summed E-state index contributed by atoms with van der Waals surface area (Å²) < 4.78 is 0. The highest BCUT2D eigenvalue weighted by molar-refractivity contribution is 8.12. The van der Waals surface area contributed by atoms with Crippen LogP contribution in [0, 0.1) is 11.2 Å². The van der Waals surface area contributed by atoms with Crippen molar-refractivity contribution in [3.05, 3.63) is 71.8 Å². The summed E-state index contributed by atoms with van der Waals surface area (Å²) >= 11 is 8.15. The lowest BCUT2D eigenvalue weighted by Gasteiger charge is -2.08. The van der Waals surface area contributed by atoms with Gasteiger partial charge >= 0.3 is 0 Å². The number of benzene rings is 2. The first kappa shape index (κ1) is 16.7. The second-order valence-electron chi connectivity index (χ2n) is 4.86. The van der Waals surface area contributed by atoms with Crippen LogP contribution < -0.4 is 0 Å². The fourth-order valence-electron chi connectivity index (χ4n) is 1.94. The summed E-state index contributed by atoms with van der Waals surface area (Å²) in [5.74, 6) is 3.21. The fourth-order valence-corrected chi connectivity index (χ4v) is 3.03. The molecular weight excluding hydrogens is 308 g/mol. The summed E-state index contributed by atoms with van der Waals surface area (Å²) in [5.41, 5.74) is 2.12. The van der Waals surface area contributed by atoms with Gasteiger partial charge in [-0.3, -0.25) is 0 Å². The Labute approximate surface area is 142 Å². The van der Waals surface area contributed by atoms with Crippen molar-refractivity contribution < 1.29 is 0 Å². The summed E-state index contributed by atoms with van der Waals surface area (Å²) in [4.78, 5) is 1.01. The van der Waals surface area contributed by atoms with Crippen LogP contribution >= 0.6 is 23.4 Å². The number of hydrogen-bond acceptors (Lipinski definition) is 1. The smallest absolute Gasteiger partial charge is 0.0630 e. The highest BCUT2D eigenvalue weighted by atomic mass is 35.5. The molecule has 2 rings (SSSR count). The molecule has 0 aliphatic carbocycles. The molecular formula is C20H19ClS. The van der Waals surface area contributed by atoms with Gasteiger partial charge in [0.15, 0.2) is 0 Å². The molecule has 2 aromatic rings. The second-order valence-corrected chi connectivity index (χ2v) is 6.05. The molecule has 0 saturated heterocycles. The van der Waals surface area contributed by atoms with E-state index in [-0.39, 0.29) is 0 Å². The largest absolute Gasteiger partial charge is 0.0909 e. The van der Waals surface area contributed by atoms with Crippen LogP contribution in [0.4, 0.5) is 0 Å². The van der Waals surface area contributed by atoms with Gasteiger partial charge in [-0.1, -0.05) is 91.5 Å². The Morgan fingerprint density at radius 3 is 2.14 bits per heavy atom. The summed E-state index contributed by atoms with van der Waals surface area (Å²) in [6, 6.07) is 20.2. The maximum atomic E-state index is 6.64. The van der Waals surface area contributed by atoms with Crippen LogP contribution in [-0.2, 0) is 0 Å². The predicted octanol–water partition coefficient (Wildman–Crippen LogP) is 6.64. The van der Waals surface area contributed by atoms with Crippen molar-refractivity contribution in [1.29, 1.82) is 0 Å². The van der Waals surface area contributed by atoms with E-state index in [1.165, 1.54) is 18.2 Å². The molecule has 0 amide bonds. The maximum absolute atomic E-state index is 6.64. The van der Waals surface area contributed by atoms with Crippen molar-refractivity contribution in [2.24, 2.45) is 0 Å². The first-order chi connectivity index (χ1) is 10.8. The molecule has 112 valence electrons. The third-order valence-electron chi connectivity index (χ3n) is 3.14. The van der Waals surface area contributed by atoms with Crippen LogP contribution in [0.1, 0.15) is 37.3 Å². The molecule has 0 nitrogen and oxygen atoms in total. The third-order valence-corrected chi connectivity index (χ3v) is 4.55. The minimum Gasteiger partial charge on any atom is -0.0909 e. The monoisotopic (exact) mass is 326 g/mol. The Hall–Kier alpha value is -1.62. The van der Waals surface area contributed by atoms with Crippen LogP contribution in [0.2, 0.25) is 0 Å². The van der Waals surface area contributed by atoms with Crippen LogP contribution in [0.3, 0.4) is 0 Å². The molecule has 0 aliphatic rings. The lowest BCUT2D eigenvalue weighted by Crippen LogP contribution is -1.84. The van der Waals surface area contributed by atoms with Crippen molar-refractivity contribution >= 4 is 33.3 Å². The van der Waals surface area contributed by atoms with Gasteiger partial charge in [0.2, 0.25) is 0 Å². The van der Waals surface area contributed by atoms with Gasteiger partial charge in [0, 0.05) is 11.3 Å². The summed E-state index contributed by atoms with van der Waals surface area (Å²) in [6.07, 6.45) is 3.25. The molecule has 0 fully saturated rings. The van der Waals surface area contributed by atoms with Gasteiger partial charge in [-0.2, -0.15) is 0 Å². The molecule has 0 spiro atoms. The predicted molar refractivity (Wildman–Crippen MR) is 100 cm³/mol. The van der Waals surface area contributed by atoms with Gasteiger partial charge in [-0.15, -0.1) is 0 Å². The molecule has 2 heteroatoms. The number of halogens is 1. The molecule has 0 N–H and O–H groups in total. The molecule has 0 heterocycles. The molecule has 2 aromatic carbocycles. The Bertz CT molecular complexity index is 663. The fraction of sp³-hybridized carbons (Fsp3) is 0.200. The molecule has 22 heavy (non-hydrogen) atoms. The van der Waals surface area contributed by atoms with Gasteiger partial charge in [0.05, 0.1) is 5.03 Å². The third kappa shape index (κ3) is 4.98. The molecule has 0 unspecified atom stereocenters. The number of thioether (sulfide) groups is 1. The van der Waals surface area contributed by atoms with E-state index in [1.54, 1.807) is 0 Å². The first-order valence-corrected chi connectivity index (χ1v) is 8.67. The maximum Gasteiger partial charge on any atom is 0.0630 e. The van der Waals surface area contributed by atoms with Crippen LogP contribution in [0.15, 0.2) is 60.7 Å². The molecule has 0 aliphatic heterocycles. The van der Waals surface area contributed by atoms with E-state index in [1.807, 2.05) is 48.5 Å². The Morgan fingerprint density at radius 1 is 0.955 bits per heavy atom. The summed E-state index contributed by atoms with van der Waals surface area (Å²) in [5, 5.41) is 3.95. The second kappa shape index (κ2) is 9.41. The molecule has 0 radical (unpaired) electrons. The molecule has 0 bridgehead atoms. The van der Waals surface area contributed by atoms with Gasteiger partial charge in [0.1, 0.15) is 0 Å². The van der Waals surface area contributed by atoms with Crippen molar-refractivity contribution in [2.45, 2.75) is 26.2 Å². The molecule has 0 saturated carbocycles. The van der Waals surface area contributed by atoms with Crippen LogP contribution in [0.25, 0.3) is 9.94 Å². The van der Waals surface area contributed by atoms with E-state index in [2.05, 4.69) is 30.2 Å². The van der Waals surface area contributed by atoms with Gasteiger partial charge < -0.3 is 0 Å². The van der Waals surface area contributed by atoms with E-state index < -0.39 is 0 Å². The van der Waals surface area contributed by atoms with Crippen LogP contribution in [-0.4, -0.2) is 0 Å². The minimum absolute atomic E-state index is 0.751. The van der Waals surface area contributed by atoms with E-state index >= 15 is 0 Å². The van der Waals surface area contributed by atoms with Gasteiger partial charge in [-0.05, 0) is 34.6 Å². The average molecular weight is 327 g/mol. The molecule has 0 aromatic heterocycles. The standard InChI is InChI=1S/C20H19ClS/c1-2-3-4-11-16-22-20(18-14-9-6-10-15-18)19(21)17-12-7-5-8-13-17/h5-10,12-15H,2-4H2,1H3/b20-19-. The first-order valence-electron chi connectivity index (χ1n) is 7.48. The lowest BCUT2D eigenvalue weighted by atomic mass is 10.1.